The number of aryl methyl sites for hydroxylation is 2. The van der Waals surface area contributed by atoms with E-state index in [-0.39, 0.29) is 6.42 Å². The normalized spacial score (nSPS) is 13.0. The summed E-state index contributed by atoms with van der Waals surface area (Å²) in [5.74, 6) is 0.715. The standard InChI is InChI=1S/C21H23N5O5S/c1-12-15(13(2)26-20(22-12)24-21(25-26)32-3)10-19(28)31-11-18(27)23-14-5-6-16-17(9-14)30-8-4-7-29-16/h5-6,9H,4,7-8,10-11H2,1-3H3,(H,23,27). The van der Waals surface area contributed by atoms with Gasteiger partial charge < -0.3 is 19.5 Å². The van der Waals surface area contributed by atoms with Crippen LogP contribution in [0.15, 0.2) is 23.4 Å². The summed E-state index contributed by atoms with van der Waals surface area (Å²) < 4.78 is 18.0. The number of carbonyl (C=O) groups is 2. The van der Waals surface area contributed by atoms with E-state index in [9.17, 15) is 9.59 Å². The molecule has 32 heavy (non-hydrogen) atoms. The van der Waals surface area contributed by atoms with Crippen molar-refractivity contribution in [3.8, 4) is 11.5 Å². The van der Waals surface area contributed by atoms with Crippen molar-refractivity contribution in [2.45, 2.75) is 31.8 Å². The predicted octanol–water partition coefficient (Wildman–Crippen LogP) is 2.35. The summed E-state index contributed by atoms with van der Waals surface area (Å²) in [6.45, 7) is 4.39. The number of amides is 1. The zero-order valence-corrected chi connectivity index (χ0v) is 18.8. The first-order valence-corrected chi connectivity index (χ1v) is 11.3. The minimum Gasteiger partial charge on any atom is -0.490 e. The fraction of sp³-hybridized carbons (Fsp3) is 0.381. The van der Waals surface area contributed by atoms with E-state index < -0.39 is 18.5 Å². The predicted molar refractivity (Wildman–Crippen MR) is 117 cm³/mol. The number of aromatic nitrogens is 4. The molecule has 0 saturated heterocycles. The van der Waals surface area contributed by atoms with Gasteiger partial charge in [0.2, 0.25) is 5.16 Å². The Kier molecular flexibility index (Phi) is 6.45. The molecule has 3 aromatic rings. The fourth-order valence-electron chi connectivity index (χ4n) is 3.31. The van der Waals surface area contributed by atoms with Crippen LogP contribution in [0.25, 0.3) is 5.78 Å². The van der Waals surface area contributed by atoms with Crippen LogP contribution in [0.5, 0.6) is 11.5 Å². The summed E-state index contributed by atoms with van der Waals surface area (Å²) in [5, 5.41) is 7.67. The lowest BCUT2D eigenvalue weighted by atomic mass is 10.1. The molecule has 1 aromatic carbocycles. The van der Waals surface area contributed by atoms with Gasteiger partial charge in [0.05, 0.1) is 19.6 Å². The van der Waals surface area contributed by atoms with Crippen LogP contribution >= 0.6 is 11.8 Å². The van der Waals surface area contributed by atoms with Crippen molar-refractivity contribution in [2.24, 2.45) is 0 Å². The number of fused-ring (bicyclic) bond motifs is 2. The van der Waals surface area contributed by atoms with Gasteiger partial charge >= 0.3 is 5.97 Å². The number of ether oxygens (including phenoxy) is 3. The van der Waals surface area contributed by atoms with Crippen LogP contribution in [0, 0.1) is 13.8 Å². The largest absolute Gasteiger partial charge is 0.490 e. The average Bonchev–Trinajstić information content (AvgIpc) is 3.05. The summed E-state index contributed by atoms with van der Waals surface area (Å²) in [6.07, 6.45) is 2.66. The number of nitrogens with zero attached hydrogens (tertiary/aromatic N) is 4. The summed E-state index contributed by atoms with van der Waals surface area (Å²) >= 11 is 1.42. The third kappa shape index (κ3) is 4.77. The molecule has 1 aliphatic rings. The topological polar surface area (TPSA) is 117 Å². The van der Waals surface area contributed by atoms with E-state index in [1.54, 1.807) is 29.6 Å². The first-order chi connectivity index (χ1) is 15.4. The first-order valence-electron chi connectivity index (χ1n) is 10.1. The lowest BCUT2D eigenvalue weighted by molar-refractivity contribution is -0.146. The summed E-state index contributed by atoms with van der Waals surface area (Å²) in [4.78, 5) is 33.4. The highest BCUT2D eigenvalue weighted by Gasteiger charge is 2.18. The van der Waals surface area contributed by atoms with Gasteiger partial charge in [0.1, 0.15) is 0 Å². The molecule has 0 fully saturated rings. The van der Waals surface area contributed by atoms with E-state index in [1.807, 2.05) is 13.2 Å². The van der Waals surface area contributed by atoms with E-state index in [1.165, 1.54) is 11.8 Å². The number of benzene rings is 1. The molecule has 168 valence electrons. The minimum absolute atomic E-state index is 0.0215. The molecule has 0 spiro atoms. The molecule has 0 aliphatic carbocycles. The molecule has 10 nitrogen and oxygen atoms in total. The molecule has 11 heteroatoms. The highest BCUT2D eigenvalue weighted by Crippen LogP contribution is 2.32. The lowest BCUT2D eigenvalue weighted by Gasteiger charge is -2.12. The van der Waals surface area contributed by atoms with Gasteiger partial charge in [-0.1, -0.05) is 11.8 Å². The van der Waals surface area contributed by atoms with E-state index >= 15 is 0 Å². The van der Waals surface area contributed by atoms with E-state index in [2.05, 4.69) is 20.4 Å². The smallest absolute Gasteiger partial charge is 0.310 e. The van der Waals surface area contributed by atoms with Gasteiger partial charge in [-0.3, -0.25) is 9.59 Å². The van der Waals surface area contributed by atoms with Gasteiger partial charge in [0.15, 0.2) is 18.1 Å². The van der Waals surface area contributed by atoms with Gasteiger partial charge in [-0.25, -0.2) is 9.50 Å². The van der Waals surface area contributed by atoms with Crippen LogP contribution in [-0.2, 0) is 20.7 Å². The SMILES string of the molecule is CSc1nc2nc(C)c(CC(=O)OCC(=O)Nc3ccc4c(c3)OCCCO4)c(C)n2n1. The van der Waals surface area contributed by atoms with Crippen LogP contribution in [-0.4, -0.2) is 57.5 Å². The molecule has 0 bridgehead atoms. The van der Waals surface area contributed by atoms with E-state index in [0.717, 1.165) is 12.1 Å². The highest BCUT2D eigenvalue weighted by atomic mass is 32.2. The highest BCUT2D eigenvalue weighted by molar-refractivity contribution is 7.98. The molecule has 2 aromatic heterocycles. The second-order valence-electron chi connectivity index (χ2n) is 7.17. The second kappa shape index (κ2) is 9.43. The maximum absolute atomic E-state index is 12.4. The van der Waals surface area contributed by atoms with Crippen LogP contribution in [0.3, 0.4) is 0 Å². The van der Waals surface area contributed by atoms with Crippen molar-refractivity contribution in [1.29, 1.82) is 0 Å². The molecule has 0 saturated carbocycles. The number of nitrogens with one attached hydrogen (secondary N) is 1. The van der Waals surface area contributed by atoms with Crippen LogP contribution < -0.4 is 14.8 Å². The lowest BCUT2D eigenvalue weighted by Crippen LogP contribution is -2.22. The van der Waals surface area contributed by atoms with Crippen LogP contribution in [0.4, 0.5) is 5.69 Å². The maximum atomic E-state index is 12.4. The van der Waals surface area contributed by atoms with Gasteiger partial charge in [-0.05, 0) is 32.2 Å². The summed E-state index contributed by atoms with van der Waals surface area (Å²) in [5.41, 5.74) is 2.66. The van der Waals surface area contributed by atoms with Gasteiger partial charge in [0.25, 0.3) is 11.7 Å². The molecule has 1 N–H and O–H groups in total. The Morgan fingerprint density at radius 1 is 1.19 bits per heavy atom. The summed E-state index contributed by atoms with van der Waals surface area (Å²) in [7, 11) is 0. The molecule has 1 amide bonds. The Labute approximate surface area is 188 Å². The van der Waals surface area contributed by atoms with Gasteiger partial charge in [0, 0.05) is 35.1 Å². The second-order valence-corrected chi connectivity index (χ2v) is 7.94. The molecule has 0 unspecified atom stereocenters. The monoisotopic (exact) mass is 457 g/mol. The average molecular weight is 458 g/mol. The number of carbonyl (C=O) groups excluding carboxylic acids is 2. The molecule has 4 rings (SSSR count). The molecule has 1 aliphatic heterocycles. The number of hydrogen-bond acceptors (Lipinski definition) is 9. The third-order valence-electron chi connectivity index (χ3n) is 4.93. The molecule has 0 atom stereocenters. The van der Waals surface area contributed by atoms with Gasteiger partial charge in [-0.2, -0.15) is 4.98 Å². The van der Waals surface area contributed by atoms with Crippen molar-refractivity contribution in [3.63, 3.8) is 0 Å². The third-order valence-corrected chi connectivity index (χ3v) is 5.47. The van der Waals surface area contributed by atoms with Crippen molar-refractivity contribution in [1.82, 2.24) is 19.6 Å². The van der Waals surface area contributed by atoms with Gasteiger partial charge in [-0.15, -0.1) is 5.10 Å². The Morgan fingerprint density at radius 2 is 1.97 bits per heavy atom. The van der Waals surface area contributed by atoms with E-state index in [4.69, 9.17) is 14.2 Å². The molecular weight excluding hydrogens is 434 g/mol. The fourth-order valence-corrected chi connectivity index (χ4v) is 3.65. The Hall–Kier alpha value is -3.34. The minimum atomic E-state index is -0.531. The maximum Gasteiger partial charge on any atom is 0.310 e. The number of esters is 1. The van der Waals surface area contributed by atoms with Crippen molar-refractivity contribution >= 4 is 35.1 Å². The Bertz CT molecular complexity index is 1180. The first kappa shape index (κ1) is 21.9. The number of thioether (sulfide) groups is 1. The molecular formula is C21H23N5O5S. The molecule has 0 radical (unpaired) electrons. The Morgan fingerprint density at radius 3 is 2.75 bits per heavy atom. The van der Waals surface area contributed by atoms with Crippen LogP contribution in [0.1, 0.15) is 23.4 Å². The quantitative estimate of drug-likeness (QED) is 0.440. The van der Waals surface area contributed by atoms with Crippen molar-refractivity contribution < 1.29 is 23.8 Å². The zero-order chi connectivity index (χ0) is 22.7. The zero-order valence-electron chi connectivity index (χ0n) is 18.0. The van der Waals surface area contributed by atoms with Crippen LogP contribution in [0.2, 0.25) is 0 Å². The Balaban J connectivity index is 1.36. The summed E-state index contributed by atoms with van der Waals surface area (Å²) in [6, 6.07) is 5.14. The van der Waals surface area contributed by atoms with E-state index in [0.29, 0.717) is 52.6 Å². The van der Waals surface area contributed by atoms with Crippen molar-refractivity contribution in [3.05, 3.63) is 35.2 Å². The number of anilines is 1. The number of rotatable bonds is 6. The van der Waals surface area contributed by atoms with Crippen molar-refractivity contribution in [2.75, 3.05) is 31.4 Å². The molecule has 3 heterocycles. The number of hydrogen-bond donors (Lipinski definition) is 1.